The maximum atomic E-state index is 14.9. The zero-order valence-corrected chi connectivity index (χ0v) is 30.7. The number of imidazole rings is 2. The van der Waals surface area contributed by atoms with Crippen LogP contribution in [0.25, 0.3) is 84.6 Å². The van der Waals surface area contributed by atoms with E-state index >= 15 is 0 Å². The van der Waals surface area contributed by atoms with Crippen molar-refractivity contribution in [2.24, 2.45) is 0 Å². The Labute approximate surface area is 329 Å². The molecule has 2 aliphatic rings. The summed E-state index contributed by atoms with van der Waals surface area (Å²) in [5.41, 5.74) is 6.65. The molecule has 10 rings (SSSR count). The monoisotopic (exact) mass is 769 g/mol. The number of aromatic nitrogens is 7. The Morgan fingerprint density at radius 1 is 0.552 bits per heavy atom. The molecular weight excluding hydrogens is 739 g/mol. The summed E-state index contributed by atoms with van der Waals surface area (Å²) >= 11 is 0. The van der Waals surface area contributed by atoms with E-state index in [-0.39, 0.29) is 12.1 Å². The van der Waals surface area contributed by atoms with Gasteiger partial charge in [0.1, 0.15) is 35.3 Å². The Hall–Kier alpha value is -7.27. The molecule has 5 aromatic carbocycles. The maximum Gasteiger partial charge on any atom is 0.164 e. The van der Waals surface area contributed by atoms with Crippen LogP contribution >= 0.6 is 0 Å². The average Bonchev–Trinajstić information content (AvgIpc) is 3.83. The third-order valence-electron chi connectivity index (χ3n) is 10.3. The van der Waals surface area contributed by atoms with Crippen LogP contribution in [0.15, 0.2) is 151 Å². The fourth-order valence-electron chi connectivity index (χ4n) is 7.76. The van der Waals surface area contributed by atoms with Gasteiger partial charge in [-0.15, -0.1) is 0 Å². The first-order valence-electron chi connectivity index (χ1n) is 18.8. The molecule has 2 aliphatic carbocycles. The Balaban J connectivity index is 1.20. The fourth-order valence-corrected chi connectivity index (χ4v) is 7.76. The SMILES string of the molecule is FC1=CC(F)CC(n2c(-c3ccccc3-c3nc(C4=CCCC=C4)nc(-c4ccccc4-c4nc5ccccc5n4-c4cc(F)cc(F)c4)n3)nc3ccccc32)=C1. The van der Waals surface area contributed by atoms with Gasteiger partial charge in [-0.05, 0) is 61.4 Å². The third kappa shape index (κ3) is 6.30. The van der Waals surface area contributed by atoms with Gasteiger partial charge in [-0.1, -0.05) is 91.0 Å². The molecule has 1 atom stereocenters. The summed E-state index contributed by atoms with van der Waals surface area (Å²) in [6.07, 6.45) is 8.64. The Morgan fingerprint density at radius 3 is 1.67 bits per heavy atom. The number of hydrogen-bond acceptors (Lipinski definition) is 5. The molecule has 0 N–H and O–H groups in total. The molecule has 0 spiro atoms. The second kappa shape index (κ2) is 14.3. The number of allylic oxidation sites excluding steroid dienone is 8. The van der Waals surface area contributed by atoms with Gasteiger partial charge in [0.05, 0.1) is 27.8 Å². The van der Waals surface area contributed by atoms with Crippen LogP contribution in [0.5, 0.6) is 0 Å². The molecule has 1 unspecified atom stereocenters. The van der Waals surface area contributed by atoms with Crippen LogP contribution in [0, 0.1) is 11.6 Å². The highest BCUT2D eigenvalue weighted by molar-refractivity contribution is 5.91. The molecule has 8 aromatic rings. The zero-order valence-electron chi connectivity index (χ0n) is 30.7. The lowest BCUT2D eigenvalue weighted by Gasteiger charge is -2.19. The van der Waals surface area contributed by atoms with Gasteiger partial charge in [0.25, 0.3) is 0 Å². The number of hydrogen-bond donors (Lipinski definition) is 0. The van der Waals surface area contributed by atoms with E-state index in [0.717, 1.165) is 30.6 Å². The quantitative estimate of drug-likeness (QED) is 0.151. The smallest absolute Gasteiger partial charge is 0.164 e. The number of benzene rings is 5. The van der Waals surface area contributed by atoms with E-state index in [1.807, 2.05) is 103 Å². The van der Waals surface area contributed by atoms with Crippen LogP contribution in [0.3, 0.4) is 0 Å². The minimum Gasteiger partial charge on any atom is -0.296 e. The number of para-hydroxylation sites is 4. The van der Waals surface area contributed by atoms with Crippen LogP contribution in [0.4, 0.5) is 17.6 Å². The second-order valence-corrected chi connectivity index (χ2v) is 14.1. The number of alkyl halides is 1. The molecular formula is C47H31F4N7. The maximum absolute atomic E-state index is 14.9. The molecule has 0 aliphatic heterocycles. The topological polar surface area (TPSA) is 74.3 Å². The molecule has 0 bridgehead atoms. The van der Waals surface area contributed by atoms with E-state index in [4.69, 9.17) is 24.9 Å². The van der Waals surface area contributed by atoms with Crippen molar-refractivity contribution in [3.63, 3.8) is 0 Å². The highest BCUT2D eigenvalue weighted by Crippen LogP contribution is 2.39. The van der Waals surface area contributed by atoms with Crippen molar-refractivity contribution < 1.29 is 17.6 Å². The number of halogens is 4. The first-order valence-corrected chi connectivity index (χ1v) is 18.8. The summed E-state index contributed by atoms with van der Waals surface area (Å²) in [4.78, 5) is 25.2. The zero-order chi connectivity index (χ0) is 39.3. The van der Waals surface area contributed by atoms with E-state index in [0.29, 0.717) is 79.1 Å². The first-order chi connectivity index (χ1) is 28.4. The normalized spacial score (nSPS) is 15.4. The molecule has 3 aromatic heterocycles. The fraction of sp³-hybridized carbons (Fsp3) is 0.0851. The summed E-state index contributed by atoms with van der Waals surface area (Å²) in [6, 6.07) is 33.3. The van der Waals surface area contributed by atoms with E-state index in [9.17, 15) is 17.6 Å². The van der Waals surface area contributed by atoms with Crippen molar-refractivity contribution >= 4 is 33.3 Å². The third-order valence-corrected chi connectivity index (χ3v) is 10.3. The number of fused-ring (bicyclic) bond motifs is 2. The molecule has 0 fully saturated rings. The van der Waals surface area contributed by atoms with E-state index in [2.05, 4.69) is 12.2 Å². The van der Waals surface area contributed by atoms with Crippen molar-refractivity contribution in [3.8, 4) is 51.2 Å². The lowest BCUT2D eigenvalue weighted by atomic mass is 10.0. The Kier molecular flexibility index (Phi) is 8.70. The second-order valence-electron chi connectivity index (χ2n) is 14.1. The van der Waals surface area contributed by atoms with Crippen molar-refractivity contribution in [1.29, 1.82) is 0 Å². The van der Waals surface area contributed by atoms with Gasteiger partial charge in [-0.2, -0.15) is 0 Å². The van der Waals surface area contributed by atoms with E-state index < -0.39 is 23.6 Å². The highest BCUT2D eigenvalue weighted by atomic mass is 19.1. The summed E-state index contributed by atoms with van der Waals surface area (Å²) < 4.78 is 62.7. The highest BCUT2D eigenvalue weighted by Gasteiger charge is 2.26. The molecule has 3 heterocycles. The molecule has 282 valence electrons. The molecule has 0 amide bonds. The Bertz CT molecular complexity index is 3040. The van der Waals surface area contributed by atoms with Gasteiger partial charge in [0.2, 0.25) is 0 Å². The molecule has 0 saturated carbocycles. The largest absolute Gasteiger partial charge is 0.296 e. The molecule has 11 heteroatoms. The Morgan fingerprint density at radius 2 is 1.09 bits per heavy atom. The summed E-state index contributed by atoms with van der Waals surface area (Å²) in [5, 5.41) is 0. The van der Waals surface area contributed by atoms with Gasteiger partial charge < -0.3 is 0 Å². The summed E-state index contributed by atoms with van der Waals surface area (Å²) in [7, 11) is 0. The molecule has 0 saturated heterocycles. The average molecular weight is 770 g/mol. The van der Waals surface area contributed by atoms with Crippen molar-refractivity contribution in [3.05, 3.63) is 169 Å². The lowest BCUT2D eigenvalue weighted by Crippen LogP contribution is -2.10. The number of rotatable bonds is 7. The minimum absolute atomic E-state index is 0.0344. The first kappa shape index (κ1) is 35.2. The van der Waals surface area contributed by atoms with Crippen molar-refractivity contribution in [1.82, 2.24) is 34.1 Å². The van der Waals surface area contributed by atoms with Gasteiger partial charge in [-0.3, -0.25) is 9.13 Å². The van der Waals surface area contributed by atoms with E-state index in [1.165, 1.54) is 18.2 Å². The number of nitrogens with zero attached hydrogens (tertiary/aromatic N) is 7. The van der Waals surface area contributed by atoms with E-state index in [1.54, 1.807) is 9.13 Å². The van der Waals surface area contributed by atoms with Gasteiger partial charge in [-0.25, -0.2) is 42.5 Å². The summed E-state index contributed by atoms with van der Waals surface area (Å²) in [5.74, 6) is -0.0531. The molecule has 7 nitrogen and oxygen atoms in total. The van der Waals surface area contributed by atoms with Crippen LogP contribution in [0.2, 0.25) is 0 Å². The van der Waals surface area contributed by atoms with Crippen LogP contribution < -0.4 is 0 Å². The molecule has 58 heavy (non-hydrogen) atoms. The molecule has 0 radical (unpaired) electrons. The van der Waals surface area contributed by atoms with Crippen molar-refractivity contribution in [2.45, 2.75) is 25.4 Å². The van der Waals surface area contributed by atoms with Gasteiger partial charge in [0.15, 0.2) is 17.5 Å². The van der Waals surface area contributed by atoms with Gasteiger partial charge in [0, 0.05) is 46.0 Å². The van der Waals surface area contributed by atoms with Crippen LogP contribution in [0.1, 0.15) is 25.1 Å². The minimum atomic E-state index is -1.50. The van der Waals surface area contributed by atoms with Crippen molar-refractivity contribution in [2.75, 3.05) is 0 Å². The predicted octanol–water partition coefficient (Wildman–Crippen LogP) is 11.7. The summed E-state index contributed by atoms with van der Waals surface area (Å²) in [6.45, 7) is 0. The standard InChI is InChI=1S/C47H31F4N7/c48-29-22-30(49)25-33(24-29)57-41-20-10-8-18-39(41)52-46(57)37-16-6-4-14-35(37)44-54-43(28-12-2-1-3-13-28)55-45(56-44)36-15-5-7-17-38(36)47-53-40-19-9-11-21-42(40)58(47)34-26-31(50)23-32(51)27-34/h2,4-26,32H,1,3,27H2. The lowest BCUT2D eigenvalue weighted by molar-refractivity contribution is 0.394. The van der Waals surface area contributed by atoms with Gasteiger partial charge >= 0.3 is 0 Å². The van der Waals surface area contributed by atoms with Crippen LogP contribution in [-0.4, -0.2) is 40.2 Å². The predicted molar refractivity (Wildman–Crippen MR) is 219 cm³/mol. The van der Waals surface area contributed by atoms with Crippen LogP contribution in [-0.2, 0) is 0 Å².